The van der Waals surface area contributed by atoms with E-state index in [2.05, 4.69) is 13.0 Å². The molecule has 1 saturated heterocycles. The van der Waals surface area contributed by atoms with Crippen molar-refractivity contribution < 1.29 is 24.9 Å². The van der Waals surface area contributed by atoms with Crippen LogP contribution in [-0.2, 0) is 9.53 Å². The van der Waals surface area contributed by atoms with E-state index in [-0.39, 0.29) is 24.4 Å². The molecule has 1 aliphatic heterocycles. The Bertz CT molecular complexity index is 513. The van der Waals surface area contributed by atoms with Crippen LogP contribution in [0.5, 0.6) is 0 Å². The van der Waals surface area contributed by atoms with Crippen LogP contribution >= 0.6 is 0 Å². The standard InChI is InChI=1S/C22H36O5/c1-2-3-6-9-16(23)12-13-18-19-14-17(27-21(19)15-20(18)24)10-7-4-5-8-11-22(25)26/h10,12-13,16,18-21,23-24H,2-9,11,14-15H2,1H3,(H,25,26)/b13-12+,17-10+/t16-,18+,19+,20+,21-/m0/s1. The highest BCUT2D eigenvalue weighted by Gasteiger charge is 2.46. The Kier molecular flexibility index (Phi) is 9.35. The molecule has 5 nitrogen and oxygen atoms in total. The van der Waals surface area contributed by atoms with Gasteiger partial charge in [0.05, 0.1) is 18.0 Å². The maximum absolute atomic E-state index is 10.5. The van der Waals surface area contributed by atoms with Crippen molar-refractivity contribution >= 4 is 5.97 Å². The molecule has 2 aliphatic rings. The van der Waals surface area contributed by atoms with Gasteiger partial charge in [-0.1, -0.05) is 44.8 Å². The fourth-order valence-electron chi connectivity index (χ4n) is 4.20. The third-order valence-corrected chi connectivity index (χ3v) is 5.76. The summed E-state index contributed by atoms with van der Waals surface area (Å²) < 4.78 is 6.03. The quantitative estimate of drug-likeness (QED) is 0.349. The van der Waals surface area contributed by atoms with Crippen LogP contribution in [0.15, 0.2) is 24.0 Å². The molecule has 5 heteroatoms. The molecule has 0 spiro atoms. The normalized spacial score (nSPS) is 30.0. The number of hydrogen-bond acceptors (Lipinski definition) is 4. The molecule has 0 bridgehead atoms. The van der Waals surface area contributed by atoms with Gasteiger partial charge in [-0.05, 0) is 31.8 Å². The number of aliphatic carboxylic acids is 1. The summed E-state index contributed by atoms with van der Waals surface area (Å²) in [6, 6.07) is 0. The first-order valence-electron chi connectivity index (χ1n) is 10.6. The maximum atomic E-state index is 10.5. The van der Waals surface area contributed by atoms with Crippen molar-refractivity contribution in [3.8, 4) is 0 Å². The van der Waals surface area contributed by atoms with Crippen LogP contribution in [0.2, 0.25) is 0 Å². The molecule has 154 valence electrons. The molecule has 1 saturated carbocycles. The van der Waals surface area contributed by atoms with Crippen molar-refractivity contribution in [1.82, 2.24) is 0 Å². The van der Waals surface area contributed by atoms with Gasteiger partial charge in [-0.25, -0.2) is 0 Å². The largest absolute Gasteiger partial charge is 0.495 e. The van der Waals surface area contributed by atoms with Gasteiger partial charge in [0.25, 0.3) is 0 Å². The Morgan fingerprint density at radius 1 is 1.26 bits per heavy atom. The third kappa shape index (κ3) is 7.30. The molecule has 2 fully saturated rings. The minimum Gasteiger partial charge on any atom is -0.495 e. The van der Waals surface area contributed by atoms with Gasteiger partial charge < -0.3 is 20.1 Å². The van der Waals surface area contributed by atoms with Crippen LogP contribution in [0.25, 0.3) is 0 Å². The maximum Gasteiger partial charge on any atom is 0.303 e. The Labute approximate surface area is 163 Å². The lowest BCUT2D eigenvalue weighted by Crippen LogP contribution is -2.18. The number of hydrogen-bond donors (Lipinski definition) is 3. The third-order valence-electron chi connectivity index (χ3n) is 5.76. The lowest BCUT2D eigenvalue weighted by atomic mass is 9.90. The van der Waals surface area contributed by atoms with Crippen LogP contribution in [0.4, 0.5) is 0 Å². The molecule has 0 unspecified atom stereocenters. The minimum absolute atomic E-state index is 0.0530. The number of aliphatic hydroxyl groups is 2. The van der Waals surface area contributed by atoms with Gasteiger partial charge in [0.1, 0.15) is 6.10 Å². The van der Waals surface area contributed by atoms with Crippen molar-refractivity contribution in [3.05, 3.63) is 24.0 Å². The zero-order valence-corrected chi connectivity index (χ0v) is 16.6. The van der Waals surface area contributed by atoms with E-state index in [4.69, 9.17) is 9.84 Å². The second-order valence-electron chi connectivity index (χ2n) is 8.02. The van der Waals surface area contributed by atoms with E-state index in [9.17, 15) is 15.0 Å². The van der Waals surface area contributed by atoms with E-state index < -0.39 is 18.2 Å². The summed E-state index contributed by atoms with van der Waals surface area (Å²) in [7, 11) is 0. The first kappa shape index (κ1) is 22.0. The molecule has 27 heavy (non-hydrogen) atoms. The highest BCUT2D eigenvalue weighted by molar-refractivity contribution is 5.66. The number of carboxylic acids is 1. The summed E-state index contributed by atoms with van der Waals surface area (Å²) >= 11 is 0. The molecule has 1 heterocycles. The lowest BCUT2D eigenvalue weighted by Gasteiger charge is -2.16. The highest BCUT2D eigenvalue weighted by Crippen LogP contribution is 2.45. The SMILES string of the molecule is CCCCC[C@H](O)/C=C/[C@@H]1[C@H]2C/C(=C\CCCCCC(=O)O)O[C@H]2C[C@H]1O. The van der Waals surface area contributed by atoms with Crippen molar-refractivity contribution in [2.75, 3.05) is 0 Å². The fourth-order valence-corrected chi connectivity index (χ4v) is 4.20. The molecular formula is C22H36O5. The predicted octanol–water partition coefficient (Wildman–Crippen LogP) is 4.19. The zero-order valence-electron chi connectivity index (χ0n) is 16.6. The summed E-state index contributed by atoms with van der Waals surface area (Å²) in [5.74, 6) is 0.625. The smallest absolute Gasteiger partial charge is 0.303 e. The average molecular weight is 381 g/mol. The first-order valence-corrected chi connectivity index (χ1v) is 10.6. The number of carbonyl (C=O) groups is 1. The van der Waals surface area contributed by atoms with Gasteiger partial charge >= 0.3 is 5.97 Å². The monoisotopic (exact) mass is 380 g/mol. The molecule has 0 radical (unpaired) electrons. The van der Waals surface area contributed by atoms with E-state index in [0.29, 0.717) is 6.42 Å². The predicted molar refractivity (Wildman–Crippen MR) is 105 cm³/mol. The number of rotatable bonds is 12. The Balaban J connectivity index is 1.75. The van der Waals surface area contributed by atoms with Gasteiger partial charge in [0.2, 0.25) is 0 Å². The van der Waals surface area contributed by atoms with E-state index in [1.54, 1.807) is 0 Å². The van der Waals surface area contributed by atoms with Gasteiger partial charge in [-0.15, -0.1) is 0 Å². The summed E-state index contributed by atoms with van der Waals surface area (Å²) in [4.78, 5) is 10.5. The number of allylic oxidation sites excluding steroid dienone is 2. The molecule has 5 atom stereocenters. The lowest BCUT2D eigenvalue weighted by molar-refractivity contribution is -0.137. The van der Waals surface area contributed by atoms with Gasteiger partial charge in [0.15, 0.2) is 0 Å². The van der Waals surface area contributed by atoms with Gasteiger partial charge in [-0.3, -0.25) is 4.79 Å². The molecule has 1 aliphatic carbocycles. The van der Waals surface area contributed by atoms with Gasteiger partial charge in [0, 0.05) is 31.1 Å². The average Bonchev–Trinajstić information content (AvgIpc) is 3.12. The van der Waals surface area contributed by atoms with E-state index in [0.717, 1.165) is 63.5 Å². The van der Waals surface area contributed by atoms with Crippen LogP contribution in [0.3, 0.4) is 0 Å². The topological polar surface area (TPSA) is 87.0 Å². The molecule has 2 rings (SSSR count). The molecule has 0 aromatic heterocycles. The highest BCUT2D eigenvalue weighted by atomic mass is 16.5. The molecule has 0 amide bonds. The van der Waals surface area contributed by atoms with E-state index in [1.807, 2.05) is 12.2 Å². The molecule has 0 aromatic rings. The van der Waals surface area contributed by atoms with E-state index >= 15 is 0 Å². The Morgan fingerprint density at radius 2 is 2.07 bits per heavy atom. The number of carboxylic acid groups (broad SMARTS) is 1. The molecule has 0 aromatic carbocycles. The molecule has 3 N–H and O–H groups in total. The number of aliphatic hydroxyl groups excluding tert-OH is 2. The Morgan fingerprint density at radius 3 is 2.81 bits per heavy atom. The fraction of sp³-hybridized carbons (Fsp3) is 0.773. The van der Waals surface area contributed by atoms with Crippen LogP contribution in [0.1, 0.15) is 77.6 Å². The van der Waals surface area contributed by atoms with E-state index in [1.165, 1.54) is 0 Å². The van der Waals surface area contributed by atoms with Crippen LogP contribution < -0.4 is 0 Å². The number of ether oxygens (including phenoxy) is 1. The summed E-state index contributed by atoms with van der Waals surface area (Å²) in [5.41, 5.74) is 0. The Hall–Kier alpha value is -1.33. The van der Waals surface area contributed by atoms with Crippen molar-refractivity contribution in [1.29, 1.82) is 0 Å². The van der Waals surface area contributed by atoms with Crippen LogP contribution in [-0.4, -0.2) is 39.6 Å². The van der Waals surface area contributed by atoms with Crippen molar-refractivity contribution in [2.24, 2.45) is 11.8 Å². The number of fused-ring (bicyclic) bond motifs is 1. The zero-order chi connectivity index (χ0) is 19.6. The summed E-state index contributed by atoms with van der Waals surface area (Å²) in [5, 5.41) is 29.1. The van der Waals surface area contributed by atoms with Crippen molar-refractivity contribution in [2.45, 2.75) is 95.9 Å². The first-order chi connectivity index (χ1) is 13.0. The second-order valence-corrected chi connectivity index (χ2v) is 8.02. The number of unbranched alkanes of at least 4 members (excludes halogenated alkanes) is 5. The summed E-state index contributed by atoms with van der Waals surface area (Å²) in [6.45, 7) is 2.15. The van der Waals surface area contributed by atoms with Crippen molar-refractivity contribution in [3.63, 3.8) is 0 Å². The van der Waals surface area contributed by atoms with Gasteiger partial charge in [-0.2, -0.15) is 0 Å². The minimum atomic E-state index is -0.728. The molecular weight excluding hydrogens is 344 g/mol. The summed E-state index contributed by atoms with van der Waals surface area (Å²) in [6.07, 6.45) is 14.6. The van der Waals surface area contributed by atoms with Crippen LogP contribution in [0, 0.1) is 11.8 Å². The second kappa shape index (κ2) is 11.5.